The van der Waals surface area contributed by atoms with E-state index in [4.69, 9.17) is 0 Å². The highest BCUT2D eigenvalue weighted by molar-refractivity contribution is 5.95. The lowest BCUT2D eigenvalue weighted by molar-refractivity contribution is -0.137. The highest BCUT2D eigenvalue weighted by atomic mass is 19.4. The summed E-state index contributed by atoms with van der Waals surface area (Å²) >= 11 is 0. The number of likely N-dealkylation sites (N-methyl/N-ethyl adjacent to an activating group) is 1. The maximum atomic E-state index is 13.4. The van der Waals surface area contributed by atoms with Gasteiger partial charge in [0, 0.05) is 29.9 Å². The van der Waals surface area contributed by atoms with Crippen molar-refractivity contribution in [3.05, 3.63) is 66.0 Å². The summed E-state index contributed by atoms with van der Waals surface area (Å²) in [5, 5.41) is 0. The SMILES string of the molecule is CCN(C(=O)C=Cc1cc(C(F)(F)F)cc2ncn(-c3ccccc3)c12)C(C)C. The van der Waals surface area contributed by atoms with Crippen molar-refractivity contribution in [2.45, 2.75) is 33.0 Å². The molecule has 0 aliphatic carbocycles. The first-order valence-electron chi connectivity index (χ1n) is 9.34. The molecule has 0 atom stereocenters. The number of imidazole rings is 1. The Bertz CT molecular complexity index is 1040. The Morgan fingerprint density at radius 3 is 2.48 bits per heavy atom. The zero-order valence-electron chi connectivity index (χ0n) is 16.4. The first-order valence-corrected chi connectivity index (χ1v) is 9.34. The van der Waals surface area contributed by atoms with Gasteiger partial charge in [-0.25, -0.2) is 4.98 Å². The number of carbonyl (C=O) groups is 1. The molecular formula is C22H22F3N3O. The van der Waals surface area contributed by atoms with E-state index in [1.54, 1.807) is 9.47 Å². The van der Waals surface area contributed by atoms with Crippen LogP contribution in [0.15, 0.2) is 54.9 Å². The summed E-state index contributed by atoms with van der Waals surface area (Å²) in [4.78, 5) is 18.3. The van der Waals surface area contributed by atoms with Gasteiger partial charge in [0.1, 0.15) is 6.33 Å². The van der Waals surface area contributed by atoms with Crippen LogP contribution in [0.3, 0.4) is 0 Å². The molecule has 3 rings (SSSR count). The van der Waals surface area contributed by atoms with Crippen molar-refractivity contribution < 1.29 is 18.0 Å². The molecule has 4 nitrogen and oxygen atoms in total. The Hall–Kier alpha value is -3.09. The van der Waals surface area contributed by atoms with Crippen LogP contribution in [0.2, 0.25) is 0 Å². The Labute approximate surface area is 167 Å². The Kier molecular flexibility index (Phi) is 5.77. The second kappa shape index (κ2) is 8.11. The zero-order chi connectivity index (χ0) is 21.2. The van der Waals surface area contributed by atoms with Gasteiger partial charge in [0.2, 0.25) is 5.91 Å². The molecule has 0 radical (unpaired) electrons. The van der Waals surface area contributed by atoms with Gasteiger partial charge < -0.3 is 4.90 Å². The van der Waals surface area contributed by atoms with E-state index in [0.717, 1.165) is 17.8 Å². The maximum absolute atomic E-state index is 13.4. The number of nitrogens with zero attached hydrogens (tertiary/aromatic N) is 3. The average molecular weight is 401 g/mol. The third-order valence-corrected chi connectivity index (χ3v) is 4.69. The number of carbonyl (C=O) groups excluding carboxylic acids is 1. The molecule has 0 saturated heterocycles. The summed E-state index contributed by atoms with van der Waals surface area (Å²) in [5.41, 5.74) is 0.983. The predicted octanol–water partition coefficient (Wildman–Crippen LogP) is 5.31. The van der Waals surface area contributed by atoms with Crippen molar-refractivity contribution >= 4 is 23.0 Å². The normalized spacial score (nSPS) is 12.2. The molecule has 1 heterocycles. The minimum absolute atomic E-state index is 0.00600. The smallest absolute Gasteiger partial charge is 0.337 e. The molecule has 0 aliphatic rings. The summed E-state index contributed by atoms with van der Waals surface area (Å²) in [6.07, 6.45) is -0.261. The Balaban J connectivity index is 2.16. The van der Waals surface area contributed by atoms with Crippen LogP contribution in [-0.2, 0) is 11.0 Å². The van der Waals surface area contributed by atoms with Crippen LogP contribution in [-0.4, -0.2) is 32.9 Å². The molecule has 152 valence electrons. The molecular weight excluding hydrogens is 379 g/mol. The Morgan fingerprint density at radius 2 is 1.90 bits per heavy atom. The van der Waals surface area contributed by atoms with Crippen LogP contribution >= 0.6 is 0 Å². The molecule has 7 heteroatoms. The van der Waals surface area contributed by atoms with Crippen molar-refractivity contribution in [2.75, 3.05) is 6.54 Å². The third kappa shape index (κ3) is 4.34. The zero-order valence-corrected chi connectivity index (χ0v) is 16.4. The van der Waals surface area contributed by atoms with E-state index >= 15 is 0 Å². The minimum atomic E-state index is -4.51. The van der Waals surface area contributed by atoms with Gasteiger partial charge in [-0.1, -0.05) is 18.2 Å². The molecule has 0 spiro atoms. The quantitative estimate of drug-likeness (QED) is 0.543. The van der Waals surface area contributed by atoms with Gasteiger partial charge in [-0.15, -0.1) is 0 Å². The van der Waals surface area contributed by atoms with Gasteiger partial charge in [0.25, 0.3) is 0 Å². The van der Waals surface area contributed by atoms with E-state index in [9.17, 15) is 18.0 Å². The molecule has 0 bridgehead atoms. The van der Waals surface area contributed by atoms with Crippen molar-refractivity contribution in [1.82, 2.24) is 14.5 Å². The second-order valence-electron chi connectivity index (χ2n) is 6.93. The monoisotopic (exact) mass is 401 g/mol. The summed E-state index contributed by atoms with van der Waals surface area (Å²) in [6, 6.07) is 11.3. The molecule has 2 aromatic carbocycles. The van der Waals surface area contributed by atoms with Crippen LogP contribution in [0.1, 0.15) is 31.9 Å². The fraction of sp³-hybridized carbons (Fsp3) is 0.273. The van der Waals surface area contributed by atoms with E-state index in [2.05, 4.69) is 4.98 Å². The average Bonchev–Trinajstić information content (AvgIpc) is 3.10. The fourth-order valence-corrected chi connectivity index (χ4v) is 3.29. The van der Waals surface area contributed by atoms with Crippen LogP contribution in [0.25, 0.3) is 22.8 Å². The lowest BCUT2D eigenvalue weighted by atomic mass is 10.1. The van der Waals surface area contributed by atoms with Crippen molar-refractivity contribution in [2.24, 2.45) is 0 Å². The summed E-state index contributed by atoms with van der Waals surface area (Å²) < 4.78 is 41.9. The lowest BCUT2D eigenvalue weighted by Crippen LogP contribution is -2.35. The number of benzene rings is 2. The van der Waals surface area contributed by atoms with Gasteiger partial charge in [-0.05, 0) is 51.1 Å². The number of hydrogen-bond acceptors (Lipinski definition) is 2. The van der Waals surface area contributed by atoms with Gasteiger partial charge >= 0.3 is 6.18 Å². The van der Waals surface area contributed by atoms with Gasteiger partial charge in [-0.2, -0.15) is 13.2 Å². The number of para-hydroxylation sites is 1. The maximum Gasteiger partial charge on any atom is 0.416 e. The summed E-state index contributed by atoms with van der Waals surface area (Å²) in [5.74, 6) is -0.251. The summed E-state index contributed by atoms with van der Waals surface area (Å²) in [7, 11) is 0. The lowest BCUT2D eigenvalue weighted by Gasteiger charge is -2.23. The van der Waals surface area contributed by atoms with E-state index in [-0.39, 0.29) is 23.0 Å². The van der Waals surface area contributed by atoms with Gasteiger partial charge in [0.05, 0.1) is 16.6 Å². The Morgan fingerprint density at radius 1 is 1.21 bits per heavy atom. The number of rotatable bonds is 5. The van der Waals surface area contributed by atoms with Crippen LogP contribution in [0.5, 0.6) is 0 Å². The molecule has 0 saturated carbocycles. The van der Waals surface area contributed by atoms with E-state index in [1.807, 2.05) is 51.1 Å². The third-order valence-electron chi connectivity index (χ3n) is 4.69. The number of hydrogen-bond donors (Lipinski definition) is 0. The van der Waals surface area contributed by atoms with Gasteiger partial charge in [-0.3, -0.25) is 9.36 Å². The number of alkyl halides is 3. The van der Waals surface area contributed by atoms with E-state index in [1.165, 1.54) is 18.5 Å². The van der Waals surface area contributed by atoms with Crippen molar-refractivity contribution in [1.29, 1.82) is 0 Å². The highest BCUT2D eigenvalue weighted by Gasteiger charge is 2.32. The first kappa shape index (κ1) is 20.6. The number of amides is 1. The van der Waals surface area contributed by atoms with Crippen LogP contribution in [0, 0.1) is 0 Å². The fourth-order valence-electron chi connectivity index (χ4n) is 3.29. The molecule has 1 aromatic heterocycles. The molecule has 0 unspecified atom stereocenters. The highest BCUT2D eigenvalue weighted by Crippen LogP contribution is 2.34. The molecule has 0 aliphatic heterocycles. The molecule has 3 aromatic rings. The number of aromatic nitrogens is 2. The molecule has 0 fully saturated rings. The van der Waals surface area contributed by atoms with E-state index < -0.39 is 11.7 Å². The second-order valence-corrected chi connectivity index (χ2v) is 6.93. The van der Waals surface area contributed by atoms with Gasteiger partial charge in [0.15, 0.2) is 0 Å². The summed E-state index contributed by atoms with van der Waals surface area (Å²) in [6.45, 7) is 6.16. The van der Waals surface area contributed by atoms with Crippen molar-refractivity contribution in [3.8, 4) is 5.69 Å². The van der Waals surface area contributed by atoms with Crippen molar-refractivity contribution in [3.63, 3.8) is 0 Å². The standard InChI is InChI=1S/C22H22F3N3O/c1-4-27(15(2)3)20(29)11-10-16-12-17(22(23,24)25)13-19-21(16)28(14-26-19)18-8-6-5-7-9-18/h5-15H,4H2,1-3H3. The number of fused-ring (bicyclic) bond motifs is 1. The van der Waals surface area contributed by atoms with E-state index in [0.29, 0.717) is 12.1 Å². The molecule has 29 heavy (non-hydrogen) atoms. The minimum Gasteiger partial charge on any atom is -0.337 e. The van der Waals surface area contributed by atoms with Crippen LogP contribution < -0.4 is 0 Å². The molecule has 0 N–H and O–H groups in total. The largest absolute Gasteiger partial charge is 0.416 e. The number of halogens is 3. The molecule has 1 amide bonds. The van der Waals surface area contributed by atoms with Crippen LogP contribution in [0.4, 0.5) is 13.2 Å². The predicted molar refractivity (Wildman–Crippen MR) is 108 cm³/mol. The first-order chi connectivity index (χ1) is 13.7. The topological polar surface area (TPSA) is 38.1 Å².